The quantitative estimate of drug-likeness (QED) is 0.725. The minimum atomic E-state index is -1.00. The van der Waals surface area contributed by atoms with Gasteiger partial charge in [-0.3, -0.25) is 9.59 Å². The first-order valence-electron chi connectivity index (χ1n) is 9.10. The average molecular weight is 398 g/mol. The molecular weight excluding hydrogens is 376 g/mol. The number of likely N-dealkylation sites (tertiary alicyclic amines) is 1. The largest absolute Gasteiger partial charge is 0.478 e. The fourth-order valence-electron chi connectivity index (χ4n) is 3.16. The minimum Gasteiger partial charge on any atom is -0.478 e. The third kappa shape index (κ3) is 4.72. The first-order chi connectivity index (χ1) is 13.5. The number of hydrogen-bond donors (Lipinski definition) is 2. The standard InChI is InChI=1S/C21H22N2O4S/c1-14-12-15(8-9-16(14)21(26)27)22-20(25)17-6-2-3-7-18(17)28-13-19(24)23-10-4-5-11-23/h2-3,6-9,12H,4-5,10-11,13H2,1H3,(H,22,25)(H,26,27). The van der Waals surface area contributed by atoms with Crippen molar-refractivity contribution in [3.8, 4) is 0 Å². The van der Waals surface area contributed by atoms with Crippen molar-refractivity contribution >= 4 is 35.2 Å². The Hall–Kier alpha value is -2.80. The van der Waals surface area contributed by atoms with E-state index in [9.17, 15) is 14.4 Å². The second-order valence-electron chi connectivity index (χ2n) is 6.66. The van der Waals surface area contributed by atoms with Crippen molar-refractivity contribution in [1.29, 1.82) is 0 Å². The third-order valence-electron chi connectivity index (χ3n) is 4.66. The van der Waals surface area contributed by atoms with Crippen LogP contribution in [0.25, 0.3) is 0 Å². The van der Waals surface area contributed by atoms with Crippen LogP contribution < -0.4 is 5.32 Å². The first-order valence-corrected chi connectivity index (χ1v) is 10.1. The van der Waals surface area contributed by atoms with Crippen LogP contribution in [0.5, 0.6) is 0 Å². The van der Waals surface area contributed by atoms with E-state index in [1.54, 1.807) is 31.2 Å². The van der Waals surface area contributed by atoms with E-state index in [-0.39, 0.29) is 17.4 Å². The number of rotatable bonds is 6. The van der Waals surface area contributed by atoms with E-state index in [2.05, 4.69) is 5.32 Å². The van der Waals surface area contributed by atoms with Gasteiger partial charge in [-0.1, -0.05) is 12.1 Å². The minimum absolute atomic E-state index is 0.0950. The van der Waals surface area contributed by atoms with Crippen molar-refractivity contribution < 1.29 is 19.5 Å². The van der Waals surface area contributed by atoms with Crippen molar-refractivity contribution in [2.75, 3.05) is 24.2 Å². The molecule has 0 spiro atoms. The van der Waals surface area contributed by atoms with E-state index in [0.29, 0.717) is 22.6 Å². The molecule has 1 heterocycles. The number of carboxylic acid groups (broad SMARTS) is 1. The third-order valence-corrected chi connectivity index (χ3v) is 5.71. The van der Waals surface area contributed by atoms with E-state index in [4.69, 9.17) is 5.11 Å². The summed E-state index contributed by atoms with van der Waals surface area (Å²) in [6, 6.07) is 11.8. The van der Waals surface area contributed by atoms with Crippen molar-refractivity contribution in [1.82, 2.24) is 4.90 Å². The Morgan fingerprint density at radius 1 is 1.07 bits per heavy atom. The van der Waals surface area contributed by atoms with Gasteiger partial charge in [-0.05, 0) is 55.7 Å². The smallest absolute Gasteiger partial charge is 0.335 e. The van der Waals surface area contributed by atoms with Crippen molar-refractivity contribution in [3.05, 3.63) is 59.2 Å². The lowest BCUT2D eigenvalue weighted by molar-refractivity contribution is -0.127. The molecule has 0 aliphatic carbocycles. The normalized spacial score (nSPS) is 13.4. The summed E-state index contributed by atoms with van der Waals surface area (Å²) in [7, 11) is 0. The summed E-state index contributed by atoms with van der Waals surface area (Å²) in [5, 5.41) is 11.9. The lowest BCUT2D eigenvalue weighted by Crippen LogP contribution is -2.29. The Labute approximate surface area is 167 Å². The van der Waals surface area contributed by atoms with Crippen molar-refractivity contribution in [2.45, 2.75) is 24.7 Å². The Morgan fingerprint density at radius 2 is 1.79 bits per heavy atom. The van der Waals surface area contributed by atoms with Crippen molar-refractivity contribution in [3.63, 3.8) is 0 Å². The molecule has 2 N–H and O–H groups in total. The lowest BCUT2D eigenvalue weighted by Gasteiger charge is -2.15. The monoisotopic (exact) mass is 398 g/mol. The zero-order valence-electron chi connectivity index (χ0n) is 15.6. The molecule has 1 fully saturated rings. The summed E-state index contributed by atoms with van der Waals surface area (Å²) in [6.07, 6.45) is 2.10. The molecule has 3 rings (SSSR count). The number of benzene rings is 2. The zero-order valence-corrected chi connectivity index (χ0v) is 16.4. The summed E-state index contributed by atoms with van der Waals surface area (Å²) in [6.45, 7) is 3.31. The van der Waals surface area contributed by atoms with Crippen LogP contribution in [0, 0.1) is 6.92 Å². The molecule has 0 atom stereocenters. The summed E-state index contributed by atoms with van der Waals surface area (Å²) >= 11 is 1.36. The molecule has 0 bridgehead atoms. The van der Waals surface area contributed by atoms with E-state index in [0.717, 1.165) is 30.8 Å². The van der Waals surface area contributed by atoms with Gasteiger partial charge in [0.2, 0.25) is 5.91 Å². The first kappa shape index (κ1) is 19.9. The molecule has 1 aliphatic rings. The van der Waals surface area contributed by atoms with Gasteiger partial charge in [-0.15, -0.1) is 11.8 Å². The summed E-state index contributed by atoms with van der Waals surface area (Å²) < 4.78 is 0. The molecule has 0 radical (unpaired) electrons. The predicted octanol–water partition coefficient (Wildman–Crippen LogP) is 3.66. The van der Waals surface area contributed by atoms with Crippen molar-refractivity contribution in [2.24, 2.45) is 0 Å². The summed E-state index contributed by atoms with van der Waals surface area (Å²) in [5.41, 5.74) is 1.79. The molecule has 1 aliphatic heterocycles. The van der Waals surface area contributed by atoms with E-state index in [1.165, 1.54) is 17.8 Å². The van der Waals surface area contributed by atoms with Gasteiger partial charge < -0.3 is 15.3 Å². The average Bonchev–Trinajstić information content (AvgIpc) is 3.21. The van der Waals surface area contributed by atoms with Crippen LogP contribution in [0.2, 0.25) is 0 Å². The van der Waals surface area contributed by atoms with Gasteiger partial charge in [0.25, 0.3) is 5.91 Å². The number of nitrogens with zero attached hydrogens (tertiary/aromatic N) is 1. The number of hydrogen-bond acceptors (Lipinski definition) is 4. The van der Waals surface area contributed by atoms with Gasteiger partial charge in [-0.25, -0.2) is 4.79 Å². The number of anilines is 1. The number of carboxylic acids is 1. The van der Waals surface area contributed by atoms with Crippen LogP contribution in [-0.4, -0.2) is 46.6 Å². The maximum atomic E-state index is 12.7. The molecule has 2 aromatic carbocycles. The number of nitrogens with one attached hydrogen (secondary N) is 1. The number of aromatic carboxylic acids is 1. The molecule has 146 valence electrons. The maximum absolute atomic E-state index is 12.7. The topological polar surface area (TPSA) is 86.7 Å². The van der Waals surface area contributed by atoms with E-state index >= 15 is 0 Å². The number of carbonyl (C=O) groups is 3. The fourth-order valence-corrected chi connectivity index (χ4v) is 4.11. The molecule has 2 aromatic rings. The van der Waals surface area contributed by atoms with Gasteiger partial charge in [0.1, 0.15) is 0 Å². The van der Waals surface area contributed by atoms with Gasteiger partial charge in [0, 0.05) is 23.7 Å². The van der Waals surface area contributed by atoms with Gasteiger partial charge in [-0.2, -0.15) is 0 Å². The molecule has 0 unspecified atom stereocenters. The van der Waals surface area contributed by atoms with Crippen LogP contribution in [0.4, 0.5) is 5.69 Å². The molecule has 2 amide bonds. The fraction of sp³-hybridized carbons (Fsp3) is 0.286. The SMILES string of the molecule is Cc1cc(NC(=O)c2ccccc2SCC(=O)N2CCCC2)ccc1C(=O)O. The van der Waals surface area contributed by atoms with E-state index < -0.39 is 5.97 Å². The van der Waals surface area contributed by atoms with E-state index in [1.807, 2.05) is 17.0 Å². The molecule has 7 heteroatoms. The predicted molar refractivity (Wildman–Crippen MR) is 109 cm³/mol. The highest BCUT2D eigenvalue weighted by Gasteiger charge is 2.19. The summed E-state index contributed by atoms with van der Waals surface area (Å²) in [4.78, 5) is 38.7. The molecule has 0 saturated carbocycles. The number of aryl methyl sites for hydroxylation is 1. The second-order valence-corrected chi connectivity index (χ2v) is 7.68. The second kappa shape index (κ2) is 8.93. The zero-order chi connectivity index (χ0) is 20.1. The number of thioether (sulfide) groups is 1. The number of carbonyl (C=O) groups excluding carboxylic acids is 2. The Kier molecular flexibility index (Phi) is 6.36. The van der Waals surface area contributed by atoms with Crippen LogP contribution in [0.1, 0.15) is 39.1 Å². The van der Waals surface area contributed by atoms with Crippen LogP contribution in [0.15, 0.2) is 47.4 Å². The van der Waals surface area contributed by atoms with Crippen LogP contribution >= 0.6 is 11.8 Å². The molecule has 28 heavy (non-hydrogen) atoms. The molecule has 1 saturated heterocycles. The van der Waals surface area contributed by atoms with Gasteiger partial charge in [0.15, 0.2) is 0 Å². The van der Waals surface area contributed by atoms with Crippen LogP contribution in [-0.2, 0) is 4.79 Å². The Bertz CT molecular complexity index is 907. The molecular formula is C21H22N2O4S. The van der Waals surface area contributed by atoms with Crippen LogP contribution in [0.3, 0.4) is 0 Å². The highest BCUT2D eigenvalue weighted by Crippen LogP contribution is 2.25. The Morgan fingerprint density at radius 3 is 2.46 bits per heavy atom. The lowest BCUT2D eigenvalue weighted by atomic mass is 10.1. The Balaban J connectivity index is 1.69. The highest BCUT2D eigenvalue weighted by molar-refractivity contribution is 8.00. The highest BCUT2D eigenvalue weighted by atomic mass is 32.2. The maximum Gasteiger partial charge on any atom is 0.335 e. The van der Waals surface area contributed by atoms with Gasteiger partial charge in [0.05, 0.1) is 16.9 Å². The molecule has 0 aromatic heterocycles. The molecule has 6 nitrogen and oxygen atoms in total. The van der Waals surface area contributed by atoms with Gasteiger partial charge >= 0.3 is 5.97 Å². The number of amides is 2. The summed E-state index contributed by atoms with van der Waals surface area (Å²) in [5.74, 6) is -0.895.